The van der Waals surface area contributed by atoms with E-state index in [1.807, 2.05) is 36.5 Å². The number of rotatable bonds is 1. The molecule has 1 aliphatic rings. The Morgan fingerprint density at radius 2 is 2.05 bits per heavy atom. The summed E-state index contributed by atoms with van der Waals surface area (Å²) in [6, 6.07) is 13.8. The molecule has 2 aromatic rings. The maximum atomic E-state index is 8.96. The first kappa shape index (κ1) is 11.4. The minimum absolute atomic E-state index is 0.658. The number of anilines is 1. The Balaban J connectivity index is 2.14. The lowest BCUT2D eigenvalue weighted by molar-refractivity contribution is 0.861. The van der Waals surface area contributed by atoms with Crippen LogP contribution in [-0.2, 0) is 6.54 Å². The van der Waals surface area contributed by atoms with Crippen LogP contribution in [0.4, 0.5) is 5.69 Å². The van der Waals surface area contributed by atoms with E-state index < -0.39 is 0 Å². The van der Waals surface area contributed by atoms with Gasteiger partial charge in [-0.25, -0.2) is 0 Å². The summed E-state index contributed by atoms with van der Waals surface area (Å²) in [7, 11) is 0. The van der Waals surface area contributed by atoms with Crippen LogP contribution in [-0.4, -0.2) is 0 Å². The van der Waals surface area contributed by atoms with Crippen molar-refractivity contribution in [1.29, 1.82) is 5.26 Å². The summed E-state index contributed by atoms with van der Waals surface area (Å²) in [6.07, 6.45) is 3.95. The van der Waals surface area contributed by atoms with Gasteiger partial charge in [0.2, 0.25) is 0 Å². The van der Waals surface area contributed by atoms with E-state index >= 15 is 0 Å². The number of nitriles is 1. The van der Waals surface area contributed by atoms with Crippen molar-refractivity contribution >= 4 is 11.8 Å². The average molecular weight is 247 g/mol. The Bertz CT molecular complexity index is 708. The predicted molar refractivity (Wildman–Crippen MR) is 76.9 cm³/mol. The smallest absolute Gasteiger partial charge is 0.0991 e. The largest absolute Gasteiger partial charge is 0.398 e. The van der Waals surface area contributed by atoms with E-state index in [9.17, 15) is 0 Å². The highest BCUT2D eigenvalue weighted by atomic mass is 14.8. The molecule has 0 spiro atoms. The SMILES string of the molecule is N#Cc1cccc(-c2cc(N)c3c(c2)C=CNC3)c1. The minimum atomic E-state index is 0.658. The lowest BCUT2D eigenvalue weighted by atomic mass is 9.95. The zero-order chi connectivity index (χ0) is 13.2. The molecule has 0 amide bonds. The van der Waals surface area contributed by atoms with Gasteiger partial charge in [-0.05, 0) is 53.2 Å². The fourth-order valence-electron chi connectivity index (χ4n) is 2.32. The molecule has 3 heteroatoms. The molecule has 0 aliphatic carbocycles. The van der Waals surface area contributed by atoms with Crippen LogP contribution in [0.2, 0.25) is 0 Å². The summed E-state index contributed by atoms with van der Waals surface area (Å²) >= 11 is 0. The van der Waals surface area contributed by atoms with Crippen LogP contribution in [0.15, 0.2) is 42.6 Å². The van der Waals surface area contributed by atoms with Gasteiger partial charge in [0.15, 0.2) is 0 Å². The topological polar surface area (TPSA) is 61.8 Å². The van der Waals surface area contributed by atoms with Crippen molar-refractivity contribution in [3.63, 3.8) is 0 Å². The molecule has 3 N–H and O–H groups in total. The third-order valence-corrected chi connectivity index (χ3v) is 3.30. The van der Waals surface area contributed by atoms with Crippen LogP contribution in [0.1, 0.15) is 16.7 Å². The van der Waals surface area contributed by atoms with Crippen LogP contribution < -0.4 is 11.1 Å². The van der Waals surface area contributed by atoms with Crippen LogP contribution in [0.5, 0.6) is 0 Å². The van der Waals surface area contributed by atoms with Crippen molar-refractivity contribution in [3.8, 4) is 17.2 Å². The van der Waals surface area contributed by atoms with Crippen LogP contribution in [0.3, 0.4) is 0 Å². The van der Waals surface area contributed by atoms with Gasteiger partial charge in [0.1, 0.15) is 0 Å². The number of nitrogen functional groups attached to an aromatic ring is 1. The number of nitrogens with one attached hydrogen (secondary N) is 1. The first-order valence-electron chi connectivity index (χ1n) is 6.11. The van der Waals surface area contributed by atoms with E-state index in [0.29, 0.717) is 5.56 Å². The van der Waals surface area contributed by atoms with E-state index in [0.717, 1.165) is 34.5 Å². The zero-order valence-electron chi connectivity index (χ0n) is 10.4. The van der Waals surface area contributed by atoms with E-state index in [-0.39, 0.29) is 0 Å². The monoisotopic (exact) mass is 247 g/mol. The molecule has 1 aliphatic heterocycles. The molecule has 0 saturated carbocycles. The van der Waals surface area contributed by atoms with E-state index in [2.05, 4.69) is 17.5 Å². The van der Waals surface area contributed by atoms with Gasteiger partial charge in [0, 0.05) is 17.8 Å². The van der Waals surface area contributed by atoms with Crippen molar-refractivity contribution in [1.82, 2.24) is 5.32 Å². The first-order chi connectivity index (χ1) is 9.28. The standard InChI is InChI=1S/C16H13N3/c17-9-11-2-1-3-12(6-11)14-7-13-4-5-19-10-15(13)16(18)8-14/h1-8,19H,10,18H2. The average Bonchev–Trinajstić information content (AvgIpc) is 2.47. The van der Waals surface area contributed by atoms with E-state index in [1.165, 1.54) is 0 Å². The van der Waals surface area contributed by atoms with Gasteiger partial charge in [-0.1, -0.05) is 12.1 Å². The number of nitrogens with zero attached hydrogens (tertiary/aromatic N) is 1. The molecule has 0 aromatic heterocycles. The lowest BCUT2D eigenvalue weighted by Crippen LogP contribution is -2.12. The van der Waals surface area contributed by atoms with Crippen molar-refractivity contribution < 1.29 is 0 Å². The fourth-order valence-corrected chi connectivity index (χ4v) is 2.32. The Morgan fingerprint density at radius 1 is 1.16 bits per heavy atom. The van der Waals surface area contributed by atoms with Gasteiger partial charge >= 0.3 is 0 Å². The molecule has 92 valence electrons. The molecule has 0 saturated heterocycles. The minimum Gasteiger partial charge on any atom is -0.398 e. The van der Waals surface area contributed by atoms with Gasteiger partial charge in [0.25, 0.3) is 0 Å². The molecular formula is C16H13N3. The molecule has 0 unspecified atom stereocenters. The summed E-state index contributed by atoms with van der Waals surface area (Å²) in [5, 5.41) is 12.1. The summed E-state index contributed by atoms with van der Waals surface area (Å²) in [5.74, 6) is 0. The molecule has 1 heterocycles. The van der Waals surface area contributed by atoms with Crippen molar-refractivity contribution in [3.05, 3.63) is 59.3 Å². The third-order valence-electron chi connectivity index (χ3n) is 3.30. The predicted octanol–water partition coefficient (Wildman–Crippen LogP) is 2.88. The number of fused-ring (bicyclic) bond motifs is 1. The molecular weight excluding hydrogens is 234 g/mol. The second kappa shape index (κ2) is 4.51. The molecule has 0 radical (unpaired) electrons. The number of hydrogen-bond donors (Lipinski definition) is 2. The van der Waals surface area contributed by atoms with Crippen LogP contribution in [0.25, 0.3) is 17.2 Å². The summed E-state index contributed by atoms with van der Waals surface area (Å²) in [5.41, 5.74) is 11.9. The van der Waals surface area contributed by atoms with Gasteiger partial charge in [0.05, 0.1) is 11.6 Å². The zero-order valence-corrected chi connectivity index (χ0v) is 10.4. The Morgan fingerprint density at radius 3 is 2.89 bits per heavy atom. The molecule has 0 bridgehead atoms. The Hall–Kier alpha value is -2.73. The van der Waals surface area contributed by atoms with Crippen molar-refractivity contribution in [2.75, 3.05) is 5.73 Å². The molecule has 3 rings (SSSR count). The molecule has 3 nitrogen and oxygen atoms in total. The van der Waals surface area contributed by atoms with Crippen LogP contribution >= 0.6 is 0 Å². The highest BCUT2D eigenvalue weighted by molar-refractivity contribution is 5.76. The van der Waals surface area contributed by atoms with E-state index in [4.69, 9.17) is 11.0 Å². The first-order valence-corrected chi connectivity index (χ1v) is 6.11. The highest BCUT2D eigenvalue weighted by Gasteiger charge is 2.10. The second-order valence-corrected chi connectivity index (χ2v) is 4.54. The molecule has 19 heavy (non-hydrogen) atoms. The van der Waals surface area contributed by atoms with E-state index in [1.54, 1.807) is 6.07 Å². The quantitative estimate of drug-likeness (QED) is 0.762. The summed E-state index contributed by atoms with van der Waals surface area (Å²) < 4.78 is 0. The second-order valence-electron chi connectivity index (χ2n) is 4.54. The maximum absolute atomic E-state index is 8.96. The Kier molecular flexibility index (Phi) is 2.70. The number of nitrogens with two attached hydrogens (primary N) is 1. The molecule has 0 atom stereocenters. The fraction of sp³-hybridized carbons (Fsp3) is 0.0625. The maximum Gasteiger partial charge on any atom is 0.0991 e. The highest BCUT2D eigenvalue weighted by Crippen LogP contribution is 2.29. The number of hydrogen-bond acceptors (Lipinski definition) is 3. The summed E-state index contributed by atoms with van der Waals surface area (Å²) in [4.78, 5) is 0. The molecule has 2 aromatic carbocycles. The third kappa shape index (κ3) is 2.04. The normalized spacial score (nSPS) is 12.4. The van der Waals surface area contributed by atoms with Gasteiger partial charge < -0.3 is 11.1 Å². The molecule has 0 fully saturated rings. The summed E-state index contributed by atoms with van der Waals surface area (Å²) in [6.45, 7) is 0.760. The van der Waals surface area contributed by atoms with Gasteiger partial charge in [-0.15, -0.1) is 0 Å². The van der Waals surface area contributed by atoms with Gasteiger partial charge in [-0.3, -0.25) is 0 Å². The number of benzene rings is 2. The van der Waals surface area contributed by atoms with Crippen molar-refractivity contribution in [2.45, 2.75) is 6.54 Å². The lowest BCUT2D eigenvalue weighted by Gasteiger charge is -2.16. The van der Waals surface area contributed by atoms with Crippen molar-refractivity contribution in [2.24, 2.45) is 0 Å². The Labute approximate surface area is 112 Å². The van der Waals surface area contributed by atoms with Crippen LogP contribution in [0, 0.1) is 11.3 Å². The van der Waals surface area contributed by atoms with Gasteiger partial charge in [-0.2, -0.15) is 5.26 Å².